The monoisotopic (exact) mass is 258 g/mol. The quantitative estimate of drug-likeness (QED) is 0.774. The third-order valence-electron chi connectivity index (χ3n) is 3.65. The second-order valence-corrected chi connectivity index (χ2v) is 4.96. The summed E-state index contributed by atoms with van der Waals surface area (Å²) in [5.41, 5.74) is 1.32. The van der Waals surface area contributed by atoms with E-state index < -0.39 is 0 Å². The van der Waals surface area contributed by atoms with E-state index in [1.807, 2.05) is 24.0 Å². The van der Waals surface area contributed by atoms with Crippen LogP contribution < -0.4 is 0 Å². The van der Waals surface area contributed by atoms with E-state index in [9.17, 15) is 4.79 Å². The summed E-state index contributed by atoms with van der Waals surface area (Å²) in [6, 6.07) is 10.6. The molecule has 1 aromatic carbocycles. The van der Waals surface area contributed by atoms with Crippen LogP contribution in [0.25, 0.3) is 0 Å². The molecule has 0 bridgehead atoms. The van der Waals surface area contributed by atoms with Crippen LogP contribution in [-0.4, -0.2) is 41.4 Å². The number of rotatable bonds is 4. The number of carbonyl (C=O) groups is 1. The number of benzene rings is 1. The lowest BCUT2D eigenvalue weighted by atomic mass is 10.1. The molecule has 0 aromatic heterocycles. The van der Waals surface area contributed by atoms with Gasteiger partial charge >= 0.3 is 0 Å². The Morgan fingerprint density at radius 1 is 1.37 bits per heavy atom. The summed E-state index contributed by atoms with van der Waals surface area (Å²) in [5, 5.41) is 0. The second-order valence-electron chi connectivity index (χ2n) is 4.96. The van der Waals surface area contributed by atoms with Crippen molar-refractivity contribution >= 4 is 5.91 Å². The van der Waals surface area contributed by atoms with Crippen LogP contribution in [0.2, 0.25) is 0 Å². The predicted octanol–water partition coefficient (Wildman–Crippen LogP) is 2.30. The lowest BCUT2D eigenvalue weighted by molar-refractivity contribution is -0.134. The van der Waals surface area contributed by atoms with E-state index in [0.717, 1.165) is 26.2 Å². The smallest absolute Gasteiger partial charge is 0.222 e. The fraction of sp³-hybridized carbons (Fsp3) is 0.438. The van der Waals surface area contributed by atoms with Gasteiger partial charge in [-0.2, -0.15) is 0 Å². The van der Waals surface area contributed by atoms with Crippen LogP contribution in [0.15, 0.2) is 43.0 Å². The predicted molar refractivity (Wildman–Crippen MR) is 77.7 cm³/mol. The van der Waals surface area contributed by atoms with Crippen LogP contribution in [0.4, 0.5) is 0 Å². The van der Waals surface area contributed by atoms with Crippen molar-refractivity contribution in [2.45, 2.75) is 25.9 Å². The minimum absolute atomic E-state index is 0.143. The minimum Gasteiger partial charge on any atom is -0.334 e. The summed E-state index contributed by atoms with van der Waals surface area (Å²) in [7, 11) is 0. The standard InChI is InChI=1S/C16H22N2O/c1-3-15-13-17(10-11-18(15)16(19)4-2)12-14-8-6-5-7-9-14/h3,5-9,15H,1,4,10-13H2,2H3. The van der Waals surface area contributed by atoms with Crippen LogP contribution in [-0.2, 0) is 11.3 Å². The van der Waals surface area contributed by atoms with Gasteiger partial charge in [0.15, 0.2) is 0 Å². The summed E-state index contributed by atoms with van der Waals surface area (Å²) in [5.74, 6) is 0.226. The van der Waals surface area contributed by atoms with E-state index in [2.05, 4.69) is 35.7 Å². The third-order valence-corrected chi connectivity index (χ3v) is 3.65. The minimum atomic E-state index is 0.143. The van der Waals surface area contributed by atoms with E-state index in [-0.39, 0.29) is 11.9 Å². The van der Waals surface area contributed by atoms with E-state index in [1.54, 1.807) is 0 Å². The van der Waals surface area contributed by atoms with Gasteiger partial charge in [-0.25, -0.2) is 0 Å². The molecule has 2 rings (SSSR count). The summed E-state index contributed by atoms with van der Waals surface area (Å²) in [6.45, 7) is 9.35. The highest BCUT2D eigenvalue weighted by atomic mass is 16.2. The molecule has 1 aliphatic rings. The zero-order valence-electron chi connectivity index (χ0n) is 11.6. The maximum absolute atomic E-state index is 11.9. The molecule has 102 valence electrons. The van der Waals surface area contributed by atoms with Gasteiger partial charge in [0, 0.05) is 32.6 Å². The normalized spacial score (nSPS) is 20.3. The first-order chi connectivity index (χ1) is 9.24. The van der Waals surface area contributed by atoms with Gasteiger partial charge in [-0.15, -0.1) is 6.58 Å². The highest BCUT2D eigenvalue weighted by Gasteiger charge is 2.27. The highest BCUT2D eigenvalue weighted by Crippen LogP contribution is 2.15. The molecule has 1 aliphatic heterocycles. The van der Waals surface area contributed by atoms with Gasteiger partial charge in [0.05, 0.1) is 6.04 Å². The first-order valence-corrected chi connectivity index (χ1v) is 6.93. The molecule has 1 atom stereocenters. The molecule has 1 aromatic rings. The zero-order chi connectivity index (χ0) is 13.7. The molecule has 0 saturated carbocycles. The Kier molecular flexibility index (Phi) is 4.74. The van der Waals surface area contributed by atoms with Crippen LogP contribution in [0, 0.1) is 0 Å². The molecule has 1 saturated heterocycles. The SMILES string of the molecule is C=CC1CN(Cc2ccccc2)CCN1C(=O)CC. The Morgan fingerprint density at radius 3 is 2.74 bits per heavy atom. The number of amides is 1. The number of nitrogens with zero attached hydrogens (tertiary/aromatic N) is 2. The van der Waals surface area contributed by atoms with Crippen molar-refractivity contribution in [3.63, 3.8) is 0 Å². The topological polar surface area (TPSA) is 23.6 Å². The van der Waals surface area contributed by atoms with Crippen LogP contribution in [0.1, 0.15) is 18.9 Å². The van der Waals surface area contributed by atoms with Gasteiger partial charge < -0.3 is 4.90 Å². The fourth-order valence-electron chi connectivity index (χ4n) is 2.57. The molecule has 0 spiro atoms. The van der Waals surface area contributed by atoms with Gasteiger partial charge in [0.25, 0.3) is 0 Å². The van der Waals surface area contributed by atoms with Crippen LogP contribution >= 0.6 is 0 Å². The molecule has 1 fully saturated rings. The number of hydrogen-bond acceptors (Lipinski definition) is 2. The van der Waals surface area contributed by atoms with Crippen LogP contribution in [0.3, 0.4) is 0 Å². The van der Waals surface area contributed by atoms with Crippen molar-refractivity contribution in [3.8, 4) is 0 Å². The lowest BCUT2D eigenvalue weighted by Crippen LogP contribution is -2.53. The number of carbonyl (C=O) groups excluding carboxylic acids is 1. The van der Waals surface area contributed by atoms with Crippen molar-refractivity contribution in [1.82, 2.24) is 9.80 Å². The zero-order valence-corrected chi connectivity index (χ0v) is 11.6. The largest absolute Gasteiger partial charge is 0.334 e. The van der Waals surface area contributed by atoms with Gasteiger partial charge in [0.1, 0.15) is 0 Å². The first kappa shape index (κ1) is 13.8. The number of hydrogen-bond donors (Lipinski definition) is 0. The van der Waals surface area contributed by atoms with Gasteiger partial charge in [-0.1, -0.05) is 43.3 Å². The molecule has 1 unspecified atom stereocenters. The molecule has 3 nitrogen and oxygen atoms in total. The van der Waals surface area contributed by atoms with Crippen molar-refractivity contribution in [1.29, 1.82) is 0 Å². The van der Waals surface area contributed by atoms with Crippen molar-refractivity contribution in [3.05, 3.63) is 48.6 Å². The fourth-order valence-corrected chi connectivity index (χ4v) is 2.57. The van der Waals surface area contributed by atoms with Crippen molar-refractivity contribution in [2.75, 3.05) is 19.6 Å². The average Bonchev–Trinajstić information content (AvgIpc) is 2.47. The van der Waals surface area contributed by atoms with Gasteiger partial charge in [-0.05, 0) is 5.56 Å². The van der Waals surface area contributed by atoms with E-state index in [0.29, 0.717) is 6.42 Å². The molecular weight excluding hydrogens is 236 g/mol. The summed E-state index contributed by atoms with van der Waals surface area (Å²) < 4.78 is 0. The molecule has 19 heavy (non-hydrogen) atoms. The van der Waals surface area contributed by atoms with E-state index in [1.165, 1.54) is 5.56 Å². The van der Waals surface area contributed by atoms with Crippen LogP contribution in [0.5, 0.6) is 0 Å². The summed E-state index contributed by atoms with van der Waals surface area (Å²) in [6.07, 6.45) is 2.47. The summed E-state index contributed by atoms with van der Waals surface area (Å²) >= 11 is 0. The van der Waals surface area contributed by atoms with Crippen molar-refractivity contribution in [2.24, 2.45) is 0 Å². The Bertz CT molecular complexity index is 430. The maximum atomic E-state index is 11.9. The molecule has 0 aliphatic carbocycles. The summed E-state index contributed by atoms with van der Waals surface area (Å²) in [4.78, 5) is 16.2. The van der Waals surface area contributed by atoms with E-state index >= 15 is 0 Å². The molecular formula is C16H22N2O. The van der Waals surface area contributed by atoms with E-state index in [4.69, 9.17) is 0 Å². The Morgan fingerprint density at radius 2 is 2.11 bits per heavy atom. The Balaban J connectivity index is 1.97. The maximum Gasteiger partial charge on any atom is 0.222 e. The average molecular weight is 258 g/mol. The second kappa shape index (κ2) is 6.53. The molecule has 0 radical (unpaired) electrons. The Hall–Kier alpha value is -1.61. The third kappa shape index (κ3) is 3.44. The van der Waals surface area contributed by atoms with Crippen molar-refractivity contribution < 1.29 is 4.79 Å². The lowest BCUT2D eigenvalue weighted by Gasteiger charge is -2.40. The molecule has 1 heterocycles. The molecule has 3 heteroatoms. The molecule has 0 N–H and O–H groups in total. The Labute approximate surface area is 115 Å². The highest BCUT2D eigenvalue weighted by molar-refractivity contribution is 5.76. The van der Waals surface area contributed by atoms with Gasteiger partial charge in [0.2, 0.25) is 5.91 Å². The molecule has 1 amide bonds. The first-order valence-electron chi connectivity index (χ1n) is 6.93. The number of piperazine rings is 1. The van der Waals surface area contributed by atoms with Gasteiger partial charge in [-0.3, -0.25) is 9.69 Å².